The zero-order valence-electron chi connectivity index (χ0n) is 17.4. The van der Waals surface area contributed by atoms with E-state index in [0.717, 1.165) is 5.56 Å². The second kappa shape index (κ2) is 7.28. The first-order valence-corrected chi connectivity index (χ1v) is 9.61. The number of benzene rings is 1. The molecule has 0 aliphatic carbocycles. The molecule has 1 aromatic carbocycles. The first-order chi connectivity index (χ1) is 13.0. The first kappa shape index (κ1) is 20.5. The van der Waals surface area contributed by atoms with E-state index in [-0.39, 0.29) is 18.8 Å². The fourth-order valence-corrected chi connectivity index (χ4v) is 3.72. The number of hydrogen-bond acceptors (Lipinski definition) is 5. The minimum absolute atomic E-state index is 0.231. The molecule has 0 bridgehead atoms. The molecule has 2 heterocycles. The quantitative estimate of drug-likeness (QED) is 0.774. The van der Waals surface area contributed by atoms with Crippen LogP contribution in [0.2, 0.25) is 0 Å². The number of amides is 2. The van der Waals surface area contributed by atoms with Crippen LogP contribution in [0.3, 0.4) is 0 Å². The zero-order chi connectivity index (χ0) is 20.6. The van der Waals surface area contributed by atoms with E-state index in [0.29, 0.717) is 26.2 Å². The molecule has 2 amide bonds. The first-order valence-electron chi connectivity index (χ1n) is 9.61. The number of carbonyl (C=O) groups excluding carboxylic acids is 2. The van der Waals surface area contributed by atoms with Gasteiger partial charge in [0.25, 0.3) is 0 Å². The zero-order valence-corrected chi connectivity index (χ0v) is 17.4. The van der Waals surface area contributed by atoms with Gasteiger partial charge in [-0.15, -0.1) is 0 Å². The van der Waals surface area contributed by atoms with E-state index in [2.05, 4.69) is 0 Å². The van der Waals surface area contributed by atoms with Crippen molar-refractivity contribution in [2.75, 3.05) is 26.2 Å². The predicted molar refractivity (Wildman–Crippen MR) is 104 cm³/mol. The van der Waals surface area contributed by atoms with Gasteiger partial charge in [-0.2, -0.15) is 0 Å². The summed E-state index contributed by atoms with van der Waals surface area (Å²) in [4.78, 5) is 28.2. The van der Waals surface area contributed by atoms with Gasteiger partial charge in [-0.1, -0.05) is 30.3 Å². The summed E-state index contributed by atoms with van der Waals surface area (Å²) >= 11 is 0. The Labute approximate surface area is 166 Å². The highest BCUT2D eigenvalue weighted by Crippen LogP contribution is 2.36. The lowest BCUT2D eigenvalue weighted by Crippen LogP contribution is -2.74. The van der Waals surface area contributed by atoms with Gasteiger partial charge in [0.15, 0.2) is 0 Å². The third kappa shape index (κ3) is 4.95. The van der Waals surface area contributed by atoms with Gasteiger partial charge in [-0.3, -0.25) is 0 Å². The van der Waals surface area contributed by atoms with Crippen LogP contribution in [0.5, 0.6) is 0 Å². The molecule has 2 aliphatic heterocycles. The smallest absolute Gasteiger partial charge is 0.410 e. The molecular weight excluding hydrogens is 360 g/mol. The van der Waals surface area contributed by atoms with Crippen molar-refractivity contribution in [3.05, 3.63) is 35.9 Å². The van der Waals surface area contributed by atoms with Crippen molar-refractivity contribution in [3.63, 3.8) is 0 Å². The summed E-state index contributed by atoms with van der Waals surface area (Å²) in [6, 6.07) is 9.59. The Hall–Kier alpha value is -2.28. The second-order valence-corrected chi connectivity index (χ2v) is 9.28. The molecule has 2 fully saturated rings. The summed E-state index contributed by atoms with van der Waals surface area (Å²) in [5.74, 6) is 0. The van der Waals surface area contributed by atoms with Gasteiger partial charge in [0.2, 0.25) is 0 Å². The molecule has 28 heavy (non-hydrogen) atoms. The SMILES string of the molecule is CC(C)(C)OC(=O)N1CC2(CN(C(=O)OCc3ccccc3)CC(C)(C)O2)C1. The Morgan fingerprint density at radius 1 is 1.00 bits per heavy atom. The van der Waals surface area contributed by atoms with Crippen LogP contribution in [0.1, 0.15) is 40.2 Å². The number of nitrogens with zero attached hydrogens (tertiary/aromatic N) is 2. The molecule has 1 aromatic rings. The average molecular weight is 390 g/mol. The van der Waals surface area contributed by atoms with Gasteiger partial charge in [-0.05, 0) is 40.2 Å². The van der Waals surface area contributed by atoms with Gasteiger partial charge in [0, 0.05) is 0 Å². The van der Waals surface area contributed by atoms with Crippen molar-refractivity contribution in [2.45, 2.75) is 58.0 Å². The monoisotopic (exact) mass is 390 g/mol. The molecule has 3 rings (SSSR count). The third-order valence-electron chi connectivity index (χ3n) is 4.62. The standard InChI is InChI=1S/C21H30N2O5/c1-19(2,3)27-18(25)23-14-21(15-23)13-22(12-20(4,5)28-21)17(24)26-11-16-9-7-6-8-10-16/h6-10H,11-15H2,1-5H3. The van der Waals surface area contributed by atoms with Crippen molar-refractivity contribution in [3.8, 4) is 0 Å². The Morgan fingerprint density at radius 3 is 2.14 bits per heavy atom. The van der Waals surface area contributed by atoms with Gasteiger partial charge in [0.05, 0.1) is 31.8 Å². The maximum Gasteiger partial charge on any atom is 0.410 e. The summed E-state index contributed by atoms with van der Waals surface area (Å²) in [5.41, 5.74) is -0.702. The lowest BCUT2D eigenvalue weighted by atomic mass is 9.89. The van der Waals surface area contributed by atoms with E-state index in [4.69, 9.17) is 14.2 Å². The van der Waals surface area contributed by atoms with Crippen molar-refractivity contribution in [1.29, 1.82) is 0 Å². The number of ether oxygens (including phenoxy) is 3. The van der Waals surface area contributed by atoms with Crippen molar-refractivity contribution >= 4 is 12.2 Å². The van der Waals surface area contributed by atoms with Crippen molar-refractivity contribution in [2.24, 2.45) is 0 Å². The molecule has 0 atom stereocenters. The summed E-state index contributed by atoms with van der Waals surface area (Å²) in [6.45, 7) is 11.3. The maximum atomic E-state index is 12.6. The number of rotatable bonds is 2. The normalized spacial score (nSPS) is 20.5. The van der Waals surface area contributed by atoms with Crippen LogP contribution in [0.15, 0.2) is 30.3 Å². The van der Waals surface area contributed by atoms with Gasteiger partial charge < -0.3 is 24.0 Å². The summed E-state index contributed by atoms with van der Waals surface area (Å²) < 4.78 is 17.2. The van der Waals surface area contributed by atoms with Gasteiger partial charge >= 0.3 is 12.2 Å². The van der Waals surface area contributed by atoms with Crippen LogP contribution in [-0.2, 0) is 20.8 Å². The largest absolute Gasteiger partial charge is 0.445 e. The van der Waals surface area contributed by atoms with Crippen molar-refractivity contribution < 1.29 is 23.8 Å². The maximum absolute atomic E-state index is 12.6. The van der Waals surface area contributed by atoms with Gasteiger partial charge in [0.1, 0.15) is 17.8 Å². The summed E-state index contributed by atoms with van der Waals surface area (Å²) in [6.07, 6.45) is -0.723. The molecule has 0 radical (unpaired) electrons. The Bertz CT molecular complexity index is 720. The molecule has 154 valence electrons. The lowest BCUT2D eigenvalue weighted by Gasteiger charge is -2.57. The van der Waals surface area contributed by atoms with Crippen LogP contribution < -0.4 is 0 Å². The second-order valence-electron chi connectivity index (χ2n) is 9.28. The van der Waals surface area contributed by atoms with E-state index in [1.165, 1.54) is 0 Å². The lowest BCUT2D eigenvalue weighted by molar-refractivity contribution is -0.236. The predicted octanol–water partition coefficient (Wildman–Crippen LogP) is 3.42. The van der Waals surface area contributed by atoms with Crippen LogP contribution in [0.4, 0.5) is 9.59 Å². The van der Waals surface area contributed by atoms with E-state index in [9.17, 15) is 9.59 Å². The Kier molecular flexibility index (Phi) is 5.32. The van der Waals surface area contributed by atoms with Gasteiger partial charge in [-0.25, -0.2) is 9.59 Å². The number of morpholine rings is 1. The summed E-state index contributed by atoms with van der Waals surface area (Å²) in [7, 11) is 0. The fourth-order valence-electron chi connectivity index (χ4n) is 3.72. The molecule has 2 saturated heterocycles. The molecule has 7 nitrogen and oxygen atoms in total. The van der Waals surface area contributed by atoms with Crippen molar-refractivity contribution in [1.82, 2.24) is 9.80 Å². The van der Waals surface area contributed by atoms with Crippen LogP contribution in [-0.4, -0.2) is 65.0 Å². The van der Waals surface area contributed by atoms with Crippen LogP contribution >= 0.6 is 0 Å². The number of likely N-dealkylation sites (tertiary alicyclic amines) is 1. The minimum atomic E-state index is -0.579. The van der Waals surface area contributed by atoms with E-state index in [1.54, 1.807) is 9.80 Å². The minimum Gasteiger partial charge on any atom is -0.445 e. The molecule has 0 saturated carbocycles. The molecule has 7 heteroatoms. The number of hydrogen-bond donors (Lipinski definition) is 0. The molecule has 0 aromatic heterocycles. The highest BCUT2D eigenvalue weighted by atomic mass is 16.6. The summed E-state index contributed by atoms with van der Waals surface area (Å²) in [5, 5.41) is 0. The fraction of sp³-hybridized carbons (Fsp3) is 0.619. The van der Waals surface area contributed by atoms with Crippen LogP contribution in [0, 0.1) is 0 Å². The van der Waals surface area contributed by atoms with E-state index >= 15 is 0 Å². The average Bonchev–Trinajstić information content (AvgIpc) is 2.55. The highest BCUT2D eigenvalue weighted by molar-refractivity contribution is 5.71. The van der Waals surface area contributed by atoms with Crippen LogP contribution in [0.25, 0.3) is 0 Å². The molecule has 0 N–H and O–H groups in total. The molecule has 2 aliphatic rings. The molecule has 1 spiro atoms. The third-order valence-corrected chi connectivity index (χ3v) is 4.62. The topological polar surface area (TPSA) is 68.3 Å². The molecule has 0 unspecified atom stereocenters. The Balaban J connectivity index is 1.59. The van der Waals surface area contributed by atoms with E-state index in [1.807, 2.05) is 65.0 Å². The Morgan fingerprint density at radius 2 is 1.57 bits per heavy atom. The van der Waals surface area contributed by atoms with E-state index < -0.39 is 16.8 Å². The molecular formula is C21H30N2O5. The number of carbonyl (C=O) groups is 2. The highest BCUT2D eigenvalue weighted by Gasteiger charge is 2.55.